The lowest BCUT2D eigenvalue weighted by atomic mass is 10.1. The predicted octanol–water partition coefficient (Wildman–Crippen LogP) is 4.37. The molecule has 4 nitrogen and oxygen atoms in total. The average Bonchev–Trinajstić information content (AvgIpc) is 3.09. The van der Waals surface area contributed by atoms with Crippen LogP contribution in [0.15, 0.2) is 58.0 Å². The Hall–Kier alpha value is -1.02. The Morgan fingerprint density at radius 2 is 1.74 bits per heavy atom. The van der Waals surface area contributed by atoms with Crippen molar-refractivity contribution in [2.24, 2.45) is 4.99 Å². The van der Waals surface area contributed by atoms with Gasteiger partial charge in [0.2, 0.25) is 0 Å². The van der Waals surface area contributed by atoms with Crippen LogP contribution in [0.25, 0.3) is 0 Å². The molecule has 0 N–H and O–H groups in total. The van der Waals surface area contributed by atoms with E-state index < -0.39 is 9.84 Å². The van der Waals surface area contributed by atoms with Crippen LogP contribution in [-0.4, -0.2) is 42.1 Å². The lowest BCUT2D eigenvalue weighted by Crippen LogP contribution is -2.38. The van der Waals surface area contributed by atoms with Crippen molar-refractivity contribution in [3.05, 3.63) is 69.2 Å². The molecule has 1 saturated heterocycles. The molecular formula is C19H18BrClN2O2S2. The monoisotopic (exact) mass is 484 g/mol. The predicted molar refractivity (Wildman–Crippen MR) is 116 cm³/mol. The van der Waals surface area contributed by atoms with E-state index in [0.717, 1.165) is 21.0 Å². The van der Waals surface area contributed by atoms with Crippen molar-refractivity contribution in [2.45, 2.75) is 24.4 Å². The molecule has 2 aromatic rings. The van der Waals surface area contributed by atoms with Gasteiger partial charge < -0.3 is 4.90 Å². The van der Waals surface area contributed by atoms with E-state index in [2.05, 4.69) is 33.0 Å². The molecule has 0 bridgehead atoms. The molecule has 2 aromatic carbocycles. The second kappa shape index (κ2) is 7.78. The number of nitrogens with zero attached hydrogens (tertiary/aromatic N) is 2. The first-order valence-electron chi connectivity index (χ1n) is 8.56. The van der Waals surface area contributed by atoms with E-state index in [1.165, 1.54) is 5.56 Å². The van der Waals surface area contributed by atoms with Crippen LogP contribution in [0, 0.1) is 0 Å². The standard InChI is InChI=1S/C19H18BrClN2O2S2/c20-15-5-1-14(2-6-15)10-26-19-22-17-11-27(24,25)12-18(17)23(19)9-13-3-7-16(21)8-4-13/h1-8,17-18H,9-12H2/t17-,18-/m1/s1. The van der Waals surface area contributed by atoms with Gasteiger partial charge in [-0.3, -0.25) is 4.99 Å². The quantitative estimate of drug-likeness (QED) is 0.645. The minimum atomic E-state index is -3.02. The number of halogens is 2. The van der Waals surface area contributed by atoms with Crippen molar-refractivity contribution in [1.82, 2.24) is 4.90 Å². The molecule has 142 valence electrons. The van der Waals surface area contributed by atoms with Gasteiger partial charge in [-0.1, -0.05) is 63.6 Å². The number of hydrogen-bond donors (Lipinski definition) is 0. The SMILES string of the molecule is O=S1(=O)C[C@@H]2[C@@H](C1)N=C(SCc1ccc(Br)cc1)N2Cc1ccc(Cl)cc1. The minimum absolute atomic E-state index is 0.0712. The summed E-state index contributed by atoms with van der Waals surface area (Å²) in [4.78, 5) is 6.92. The van der Waals surface area contributed by atoms with Crippen LogP contribution >= 0.6 is 39.3 Å². The number of sulfone groups is 1. The molecule has 2 aliphatic heterocycles. The van der Waals surface area contributed by atoms with Gasteiger partial charge in [0.1, 0.15) is 0 Å². The largest absolute Gasteiger partial charge is 0.341 e. The van der Waals surface area contributed by atoms with Gasteiger partial charge in [0.25, 0.3) is 0 Å². The van der Waals surface area contributed by atoms with Gasteiger partial charge in [-0.25, -0.2) is 8.42 Å². The van der Waals surface area contributed by atoms with Crippen LogP contribution < -0.4 is 0 Å². The molecule has 8 heteroatoms. The lowest BCUT2D eigenvalue weighted by molar-refractivity contribution is 0.343. The van der Waals surface area contributed by atoms with Crippen LogP contribution in [0.4, 0.5) is 0 Å². The summed E-state index contributed by atoms with van der Waals surface area (Å²) in [5, 5.41) is 1.62. The molecule has 4 rings (SSSR count). The average molecular weight is 486 g/mol. The minimum Gasteiger partial charge on any atom is -0.341 e. The number of amidine groups is 1. The summed E-state index contributed by atoms with van der Waals surface area (Å²) in [5.41, 5.74) is 2.31. The van der Waals surface area contributed by atoms with Crippen LogP contribution in [-0.2, 0) is 22.1 Å². The van der Waals surface area contributed by atoms with Crippen LogP contribution in [0.3, 0.4) is 0 Å². The fraction of sp³-hybridized carbons (Fsp3) is 0.316. The summed E-state index contributed by atoms with van der Waals surface area (Å²) in [6, 6.07) is 15.7. The van der Waals surface area contributed by atoms with Crippen LogP contribution in [0.1, 0.15) is 11.1 Å². The van der Waals surface area contributed by atoms with Crippen molar-refractivity contribution < 1.29 is 8.42 Å². The number of fused-ring (bicyclic) bond motifs is 1. The van der Waals surface area contributed by atoms with E-state index in [1.54, 1.807) is 11.8 Å². The molecule has 0 radical (unpaired) electrons. The van der Waals surface area contributed by atoms with Crippen molar-refractivity contribution in [1.29, 1.82) is 0 Å². The first kappa shape index (κ1) is 19.3. The van der Waals surface area contributed by atoms with Crippen molar-refractivity contribution in [3.8, 4) is 0 Å². The fourth-order valence-electron chi connectivity index (χ4n) is 3.41. The molecule has 2 aliphatic rings. The van der Waals surface area contributed by atoms with Crippen molar-refractivity contribution >= 4 is 54.3 Å². The molecule has 0 spiro atoms. The Kier molecular flexibility index (Phi) is 5.56. The van der Waals surface area contributed by atoms with Gasteiger partial charge in [-0.2, -0.15) is 0 Å². The molecule has 0 aromatic heterocycles. The number of aliphatic imine (C=N–C) groups is 1. The zero-order valence-corrected chi connectivity index (χ0v) is 18.4. The molecular weight excluding hydrogens is 468 g/mol. The summed E-state index contributed by atoms with van der Waals surface area (Å²) < 4.78 is 25.2. The molecule has 2 atom stereocenters. The van der Waals surface area contributed by atoms with E-state index in [4.69, 9.17) is 16.6 Å². The lowest BCUT2D eigenvalue weighted by Gasteiger charge is -2.26. The Bertz CT molecular complexity index is 962. The normalized spacial score (nSPS) is 23.3. The highest BCUT2D eigenvalue weighted by atomic mass is 79.9. The Balaban J connectivity index is 1.53. The summed E-state index contributed by atoms with van der Waals surface area (Å²) in [7, 11) is -3.02. The summed E-state index contributed by atoms with van der Waals surface area (Å²) in [6.45, 7) is 0.639. The van der Waals surface area contributed by atoms with Gasteiger partial charge in [0.15, 0.2) is 15.0 Å². The third-order valence-electron chi connectivity index (χ3n) is 4.76. The van der Waals surface area contributed by atoms with Gasteiger partial charge in [0.05, 0.1) is 23.6 Å². The molecule has 0 aliphatic carbocycles. The molecule has 0 unspecified atom stereocenters. The second-order valence-corrected chi connectivity index (χ2v) is 11.2. The first-order chi connectivity index (χ1) is 12.9. The van der Waals surface area contributed by atoms with Crippen LogP contribution in [0.2, 0.25) is 5.02 Å². The Morgan fingerprint density at radius 1 is 1.07 bits per heavy atom. The highest BCUT2D eigenvalue weighted by Crippen LogP contribution is 2.33. The smallest absolute Gasteiger partial charge is 0.160 e. The summed E-state index contributed by atoms with van der Waals surface area (Å²) in [6.07, 6.45) is 0. The highest BCUT2D eigenvalue weighted by Gasteiger charge is 2.46. The number of hydrogen-bond acceptors (Lipinski definition) is 5. The van der Waals surface area contributed by atoms with Crippen LogP contribution in [0.5, 0.6) is 0 Å². The maximum absolute atomic E-state index is 12.1. The number of thioether (sulfide) groups is 1. The van der Waals surface area contributed by atoms with E-state index in [-0.39, 0.29) is 23.6 Å². The Labute approximate surface area is 177 Å². The first-order valence-corrected chi connectivity index (χ1v) is 12.5. The third-order valence-corrected chi connectivity index (χ3v) is 8.32. The Morgan fingerprint density at radius 3 is 2.44 bits per heavy atom. The van der Waals surface area contributed by atoms with Gasteiger partial charge in [-0.15, -0.1) is 0 Å². The van der Waals surface area contributed by atoms with E-state index in [1.807, 2.05) is 36.4 Å². The van der Waals surface area contributed by atoms with E-state index >= 15 is 0 Å². The zero-order valence-electron chi connectivity index (χ0n) is 14.4. The van der Waals surface area contributed by atoms with Crippen molar-refractivity contribution in [3.63, 3.8) is 0 Å². The van der Waals surface area contributed by atoms with Gasteiger partial charge >= 0.3 is 0 Å². The van der Waals surface area contributed by atoms with Gasteiger partial charge in [0, 0.05) is 21.8 Å². The summed E-state index contributed by atoms with van der Waals surface area (Å²) in [5.74, 6) is 1.13. The number of benzene rings is 2. The fourth-order valence-corrected chi connectivity index (χ4v) is 6.74. The zero-order chi connectivity index (χ0) is 19.0. The van der Waals surface area contributed by atoms with Crippen molar-refractivity contribution in [2.75, 3.05) is 11.5 Å². The topological polar surface area (TPSA) is 49.7 Å². The highest BCUT2D eigenvalue weighted by molar-refractivity contribution is 9.10. The molecule has 1 fully saturated rings. The van der Waals surface area contributed by atoms with E-state index in [0.29, 0.717) is 11.6 Å². The molecule has 0 saturated carbocycles. The number of rotatable bonds is 4. The second-order valence-electron chi connectivity index (χ2n) is 6.79. The molecule has 2 heterocycles. The molecule has 27 heavy (non-hydrogen) atoms. The summed E-state index contributed by atoms with van der Waals surface area (Å²) >= 11 is 11.1. The third kappa shape index (κ3) is 4.53. The maximum atomic E-state index is 12.1. The molecule has 0 amide bonds. The van der Waals surface area contributed by atoms with Gasteiger partial charge in [-0.05, 0) is 35.4 Å². The maximum Gasteiger partial charge on any atom is 0.160 e. The van der Waals surface area contributed by atoms with E-state index in [9.17, 15) is 8.42 Å².